The molecule has 0 aromatic rings. The van der Waals surface area contributed by atoms with Gasteiger partial charge in [0.15, 0.2) is 6.49 Å². The van der Waals surface area contributed by atoms with Gasteiger partial charge in [-0.05, 0) is 24.6 Å². The zero-order valence-corrected chi connectivity index (χ0v) is 11.1. The van der Waals surface area contributed by atoms with Gasteiger partial charge in [-0.2, -0.15) is 0 Å². The molecule has 6 heteroatoms. The number of carbonyl (C=O) groups excluding carboxylic acids is 1. The molecule has 90 valence electrons. The number of rotatable bonds is 8. The second kappa shape index (κ2) is 8.22. The van der Waals surface area contributed by atoms with Crippen molar-refractivity contribution in [3.63, 3.8) is 0 Å². The van der Waals surface area contributed by atoms with Crippen molar-refractivity contribution in [1.82, 2.24) is 5.32 Å². The molecule has 1 unspecified atom stereocenters. The van der Waals surface area contributed by atoms with Crippen LogP contribution < -0.4 is 5.32 Å². The van der Waals surface area contributed by atoms with E-state index in [-0.39, 0.29) is 5.91 Å². The number of carbonyl (C=O) groups is 1. The Morgan fingerprint density at radius 3 is 2.53 bits per heavy atom. The van der Waals surface area contributed by atoms with Crippen LogP contribution in [0, 0.1) is 0 Å². The molecular formula is C9H20NO3PS. The fourth-order valence-electron chi connectivity index (χ4n) is 1.08. The molecule has 0 heterocycles. The molecule has 1 atom stereocenters. The predicted octanol–water partition coefficient (Wildman–Crippen LogP) is 1.63. The van der Waals surface area contributed by atoms with Gasteiger partial charge in [0.2, 0.25) is 5.91 Å². The third-order valence-electron chi connectivity index (χ3n) is 1.78. The van der Waals surface area contributed by atoms with Gasteiger partial charge in [0.25, 0.3) is 0 Å². The van der Waals surface area contributed by atoms with Gasteiger partial charge in [0.05, 0.1) is 6.61 Å². The van der Waals surface area contributed by atoms with Crippen molar-refractivity contribution in [3.05, 3.63) is 0 Å². The highest BCUT2D eigenvalue weighted by Crippen LogP contribution is 2.36. The molecule has 4 nitrogen and oxygen atoms in total. The van der Waals surface area contributed by atoms with E-state index in [2.05, 4.69) is 5.32 Å². The first-order valence-corrected chi connectivity index (χ1v) is 8.23. The Morgan fingerprint density at radius 1 is 1.40 bits per heavy atom. The fraction of sp³-hybridized carbons (Fsp3) is 0.889. The van der Waals surface area contributed by atoms with Crippen molar-refractivity contribution in [1.29, 1.82) is 0 Å². The maximum absolute atomic E-state index is 10.5. The second-order valence-electron chi connectivity index (χ2n) is 3.53. The van der Waals surface area contributed by atoms with E-state index < -0.39 is 6.49 Å². The van der Waals surface area contributed by atoms with Crippen molar-refractivity contribution < 1.29 is 14.2 Å². The molecule has 0 bridgehead atoms. The molecular weight excluding hydrogens is 233 g/mol. The zero-order chi connectivity index (χ0) is 11.7. The lowest BCUT2D eigenvalue weighted by atomic mass is 10.2. The van der Waals surface area contributed by atoms with Crippen molar-refractivity contribution >= 4 is 24.2 Å². The molecule has 15 heavy (non-hydrogen) atoms. The third-order valence-corrected chi connectivity index (χ3v) is 2.75. The first kappa shape index (κ1) is 15.0. The lowest BCUT2D eigenvalue weighted by molar-refractivity contribution is -0.118. The average Bonchev–Trinajstić information content (AvgIpc) is 2.07. The molecule has 0 aromatic heterocycles. The van der Waals surface area contributed by atoms with Crippen LogP contribution in [0.15, 0.2) is 0 Å². The smallest absolute Gasteiger partial charge is 0.216 e. The molecule has 0 aliphatic heterocycles. The van der Waals surface area contributed by atoms with Crippen molar-refractivity contribution in [2.24, 2.45) is 0 Å². The highest BCUT2D eigenvalue weighted by Gasteiger charge is 2.02. The summed E-state index contributed by atoms with van der Waals surface area (Å²) >= 11 is 4.73. The van der Waals surface area contributed by atoms with E-state index in [1.807, 2.05) is 0 Å². The van der Waals surface area contributed by atoms with Crippen LogP contribution in [0.4, 0.5) is 0 Å². The van der Waals surface area contributed by atoms with E-state index in [1.54, 1.807) is 6.66 Å². The third kappa shape index (κ3) is 14.0. The molecule has 2 N–H and O–H groups in total. The van der Waals surface area contributed by atoms with Crippen LogP contribution >= 0.6 is 6.49 Å². The van der Waals surface area contributed by atoms with Crippen LogP contribution in [0.25, 0.3) is 0 Å². The molecule has 0 aromatic carbocycles. The second-order valence-corrected chi connectivity index (χ2v) is 7.43. The summed E-state index contributed by atoms with van der Waals surface area (Å²) in [5.74, 6) is 0.0188. The summed E-state index contributed by atoms with van der Waals surface area (Å²) in [6.07, 6.45) is 3.99. The topological polar surface area (TPSA) is 58.6 Å². The largest absolute Gasteiger partial charge is 0.356 e. The van der Waals surface area contributed by atoms with Gasteiger partial charge in [-0.25, -0.2) is 0 Å². The number of hydrogen-bond acceptors (Lipinski definition) is 3. The standard InChI is InChI=1S/C9H20NO3PS/c1-9(11)10-7-5-3-4-6-8-13-14(2,12)15/h3-8H2,1-2H3,(H,10,11)(H,12,15). The predicted molar refractivity (Wildman–Crippen MR) is 65.5 cm³/mol. The van der Waals surface area contributed by atoms with Crippen LogP contribution in [0.3, 0.4) is 0 Å². The SMILES string of the molecule is CC(=O)NCCCCCCOP(C)(O)=S. The van der Waals surface area contributed by atoms with Crippen molar-refractivity contribution in [2.45, 2.75) is 32.6 Å². The molecule has 0 rings (SSSR count). The van der Waals surface area contributed by atoms with Gasteiger partial charge in [-0.1, -0.05) is 12.8 Å². The number of unbranched alkanes of at least 4 members (excludes halogenated alkanes) is 3. The van der Waals surface area contributed by atoms with Crippen LogP contribution in [-0.2, 0) is 21.1 Å². The minimum Gasteiger partial charge on any atom is -0.356 e. The summed E-state index contributed by atoms with van der Waals surface area (Å²) in [5, 5.41) is 2.74. The minimum absolute atomic E-state index is 0.0188. The van der Waals surface area contributed by atoms with Gasteiger partial charge in [0.1, 0.15) is 0 Å². The Bertz CT molecular complexity index is 229. The Morgan fingerprint density at radius 2 is 2.00 bits per heavy atom. The molecule has 0 aliphatic rings. The van der Waals surface area contributed by atoms with E-state index in [1.165, 1.54) is 6.92 Å². The Hall–Kier alpha value is 0.0400. The average molecular weight is 253 g/mol. The zero-order valence-electron chi connectivity index (χ0n) is 9.36. The quantitative estimate of drug-likeness (QED) is 0.510. The van der Waals surface area contributed by atoms with E-state index in [0.29, 0.717) is 6.61 Å². The molecule has 1 amide bonds. The van der Waals surface area contributed by atoms with Gasteiger partial charge in [-0.3, -0.25) is 4.79 Å². The monoisotopic (exact) mass is 253 g/mol. The first-order chi connectivity index (χ1) is 6.92. The normalized spacial score (nSPS) is 14.6. The number of hydrogen-bond donors (Lipinski definition) is 2. The van der Waals surface area contributed by atoms with Crippen LogP contribution in [-0.4, -0.2) is 30.6 Å². The van der Waals surface area contributed by atoms with Gasteiger partial charge in [-0.15, -0.1) is 0 Å². The van der Waals surface area contributed by atoms with E-state index in [9.17, 15) is 9.69 Å². The van der Waals surface area contributed by atoms with Gasteiger partial charge in [0, 0.05) is 20.1 Å². The number of nitrogens with one attached hydrogen (secondary N) is 1. The number of amides is 1. The van der Waals surface area contributed by atoms with Crippen molar-refractivity contribution in [3.8, 4) is 0 Å². The molecule has 0 radical (unpaired) electrons. The molecule has 0 saturated heterocycles. The Balaban J connectivity index is 3.12. The van der Waals surface area contributed by atoms with Crippen LogP contribution in [0.1, 0.15) is 32.6 Å². The van der Waals surface area contributed by atoms with Gasteiger partial charge >= 0.3 is 0 Å². The minimum atomic E-state index is -2.46. The Kier molecular flexibility index (Phi) is 8.24. The highest BCUT2D eigenvalue weighted by atomic mass is 32.5. The highest BCUT2D eigenvalue weighted by molar-refractivity contribution is 8.09. The van der Waals surface area contributed by atoms with Crippen LogP contribution in [0.2, 0.25) is 0 Å². The van der Waals surface area contributed by atoms with Gasteiger partial charge < -0.3 is 14.7 Å². The molecule has 0 spiro atoms. The molecule has 0 fully saturated rings. The summed E-state index contributed by atoms with van der Waals surface area (Å²) in [7, 11) is 0. The van der Waals surface area contributed by atoms with Crippen molar-refractivity contribution in [2.75, 3.05) is 19.8 Å². The molecule has 0 aliphatic carbocycles. The maximum Gasteiger partial charge on any atom is 0.216 e. The lowest BCUT2D eigenvalue weighted by Gasteiger charge is -2.09. The van der Waals surface area contributed by atoms with Crippen LogP contribution in [0.5, 0.6) is 0 Å². The fourth-order valence-corrected chi connectivity index (χ4v) is 1.77. The van der Waals surface area contributed by atoms with E-state index in [0.717, 1.165) is 32.2 Å². The Labute approximate surface area is 96.6 Å². The van der Waals surface area contributed by atoms with E-state index >= 15 is 0 Å². The summed E-state index contributed by atoms with van der Waals surface area (Å²) in [6, 6.07) is 0. The molecule has 0 saturated carbocycles. The van der Waals surface area contributed by atoms with E-state index in [4.69, 9.17) is 16.3 Å². The summed E-state index contributed by atoms with van der Waals surface area (Å²) in [6.45, 7) is 1.88. The lowest BCUT2D eigenvalue weighted by Crippen LogP contribution is -2.20. The summed E-state index contributed by atoms with van der Waals surface area (Å²) < 4.78 is 5.09. The maximum atomic E-state index is 10.5. The summed E-state index contributed by atoms with van der Waals surface area (Å²) in [4.78, 5) is 19.7. The summed E-state index contributed by atoms with van der Waals surface area (Å²) in [5.41, 5.74) is 0. The first-order valence-electron chi connectivity index (χ1n) is 5.11.